The Balaban J connectivity index is 1.35. The van der Waals surface area contributed by atoms with Crippen LogP contribution in [0.25, 0.3) is 10.8 Å². The van der Waals surface area contributed by atoms with Crippen LogP contribution in [0.3, 0.4) is 0 Å². The Hall–Kier alpha value is -4.68. The van der Waals surface area contributed by atoms with Gasteiger partial charge in [0.25, 0.3) is 5.91 Å². The summed E-state index contributed by atoms with van der Waals surface area (Å²) in [5.74, 6) is -3.34. The van der Waals surface area contributed by atoms with E-state index < -0.39 is 92.6 Å². The quantitative estimate of drug-likeness (QED) is 0.233. The number of sulfonamides is 1. The van der Waals surface area contributed by atoms with E-state index in [4.69, 9.17) is 14.2 Å². The number of hydrogen-bond acceptors (Lipinski definition) is 10. The number of nitrogens with one attached hydrogen (secondary N) is 3. The number of halogens is 4. The van der Waals surface area contributed by atoms with E-state index in [9.17, 15) is 45.2 Å². The van der Waals surface area contributed by atoms with Gasteiger partial charge in [0, 0.05) is 23.9 Å². The number of fused-ring (bicyclic) bond motifs is 3. The SMILES string of the molecule is COc1ccc2c(O[C@@H]3C[C@H]4C(=O)NC5(C(=O)NS(=O)(=O)C6(CF)CC6)C[C@H]5/C=C\CC[C@H](C)C[C@@H](C)[C@H](NC(=O)OC(C)(C)C(F)(F)F)C(=O)N4C3)nccc2c1. The van der Waals surface area contributed by atoms with Gasteiger partial charge >= 0.3 is 12.3 Å². The van der Waals surface area contributed by atoms with E-state index in [0.29, 0.717) is 44.2 Å². The Labute approximate surface area is 333 Å². The summed E-state index contributed by atoms with van der Waals surface area (Å²) in [7, 11) is -2.94. The lowest BCUT2D eigenvalue weighted by molar-refractivity contribution is -0.244. The van der Waals surface area contributed by atoms with Crippen LogP contribution in [0.15, 0.2) is 42.6 Å². The molecular weight excluding hydrogens is 791 g/mol. The summed E-state index contributed by atoms with van der Waals surface area (Å²) < 4.78 is 98.0. The molecule has 19 heteroatoms. The van der Waals surface area contributed by atoms with Gasteiger partial charge in [-0.05, 0) is 93.9 Å². The summed E-state index contributed by atoms with van der Waals surface area (Å²) in [6, 6.07) is 4.09. The van der Waals surface area contributed by atoms with Crippen LogP contribution in [0.4, 0.5) is 22.4 Å². The summed E-state index contributed by atoms with van der Waals surface area (Å²) >= 11 is 0. The van der Waals surface area contributed by atoms with E-state index in [2.05, 4.69) is 15.6 Å². The van der Waals surface area contributed by atoms with Gasteiger partial charge in [0.15, 0.2) is 0 Å². The number of allylic oxidation sites excluding steroid dienone is 1. The number of rotatable bonds is 9. The average Bonchev–Trinajstić information content (AvgIpc) is 4.05. The number of hydrogen-bond donors (Lipinski definition) is 3. The molecule has 3 N–H and O–H groups in total. The number of carbonyl (C=O) groups excluding carboxylic acids is 4. The van der Waals surface area contributed by atoms with Gasteiger partial charge in [-0.15, -0.1) is 0 Å². The molecule has 6 rings (SSSR count). The number of alkyl halides is 4. The normalized spacial score (nSPS) is 29.4. The van der Waals surface area contributed by atoms with Gasteiger partial charge in [0.05, 0.1) is 13.7 Å². The number of carbonyl (C=O) groups is 4. The van der Waals surface area contributed by atoms with Crippen molar-refractivity contribution in [1.29, 1.82) is 0 Å². The lowest BCUT2D eigenvalue weighted by atomic mass is 9.88. The van der Waals surface area contributed by atoms with Crippen molar-refractivity contribution < 1.29 is 59.4 Å². The first kappa shape index (κ1) is 42.9. The van der Waals surface area contributed by atoms with Crippen LogP contribution in [0.2, 0.25) is 0 Å². The minimum atomic E-state index is -4.93. The molecule has 58 heavy (non-hydrogen) atoms. The van der Waals surface area contributed by atoms with Crippen LogP contribution >= 0.6 is 0 Å². The molecule has 2 aromatic rings. The summed E-state index contributed by atoms with van der Waals surface area (Å²) in [4.78, 5) is 61.7. The minimum Gasteiger partial charge on any atom is -0.497 e. The second kappa shape index (κ2) is 15.8. The van der Waals surface area contributed by atoms with Crippen LogP contribution < -0.4 is 24.8 Å². The highest BCUT2D eigenvalue weighted by atomic mass is 32.2. The van der Waals surface area contributed by atoms with Gasteiger partial charge in [-0.25, -0.2) is 22.6 Å². The molecule has 1 unspecified atom stereocenters. The van der Waals surface area contributed by atoms with Crippen LogP contribution in [0, 0.1) is 17.8 Å². The maximum Gasteiger partial charge on any atom is 0.427 e. The zero-order valence-corrected chi connectivity index (χ0v) is 33.7. The molecule has 1 saturated heterocycles. The third-order valence-electron chi connectivity index (χ3n) is 11.8. The van der Waals surface area contributed by atoms with Gasteiger partial charge in [0.1, 0.15) is 40.9 Å². The molecule has 3 heterocycles. The van der Waals surface area contributed by atoms with Gasteiger partial charge < -0.3 is 29.7 Å². The minimum absolute atomic E-state index is 0.0147. The molecule has 1 aromatic carbocycles. The van der Waals surface area contributed by atoms with E-state index >= 15 is 0 Å². The molecule has 14 nitrogen and oxygen atoms in total. The Kier molecular flexibility index (Phi) is 11.7. The predicted octanol–water partition coefficient (Wildman–Crippen LogP) is 4.86. The number of methoxy groups -OCH3 is 1. The Morgan fingerprint density at radius 1 is 1.10 bits per heavy atom. The van der Waals surface area contributed by atoms with Crippen molar-refractivity contribution in [3.8, 4) is 11.6 Å². The summed E-state index contributed by atoms with van der Waals surface area (Å²) in [5, 5.41) is 6.38. The standard InChI is InChI=1S/C39H49F4N5O9S/c1-22-8-6-7-9-25-19-38(25,34(51)47-58(53,54)37(21-40)13-14-37)46-31(49)29-18-27(56-32-28-11-10-26(55-5)17-24(28)12-15-44-32)20-48(29)33(50)30(23(2)16-22)45-35(52)57-36(3,4)39(41,42)43/h7,9-12,15,17,22-23,25,27,29-30H,6,8,13-14,16,18-21H2,1-5H3,(H,45,52)(H,46,49)(H,47,51)/b9-7-/t22-,23+,25+,27+,29-,30-,38?/m0/s1. The lowest BCUT2D eigenvalue weighted by Crippen LogP contribution is -2.60. The van der Waals surface area contributed by atoms with Crippen molar-refractivity contribution in [3.63, 3.8) is 0 Å². The van der Waals surface area contributed by atoms with Gasteiger partial charge in [-0.2, -0.15) is 13.2 Å². The average molecular weight is 840 g/mol. The monoisotopic (exact) mass is 839 g/mol. The fourth-order valence-corrected chi connectivity index (χ4v) is 9.13. The Morgan fingerprint density at radius 2 is 1.83 bits per heavy atom. The molecule has 3 fully saturated rings. The molecule has 2 saturated carbocycles. The molecular formula is C39H49F4N5O9S. The zero-order chi connectivity index (χ0) is 42.4. The van der Waals surface area contributed by atoms with Crippen molar-refractivity contribution in [2.45, 2.75) is 113 Å². The molecule has 7 atom stereocenters. The van der Waals surface area contributed by atoms with E-state index in [1.807, 2.05) is 11.6 Å². The molecule has 1 aromatic heterocycles. The molecule has 4 amide bonds. The van der Waals surface area contributed by atoms with Crippen molar-refractivity contribution >= 4 is 44.6 Å². The number of nitrogens with zero attached hydrogens (tertiary/aromatic N) is 2. The molecule has 0 spiro atoms. The fraction of sp³-hybridized carbons (Fsp3) is 0.615. The van der Waals surface area contributed by atoms with Crippen LogP contribution in [-0.4, -0.2) is 103 Å². The molecule has 0 radical (unpaired) electrons. The highest BCUT2D eigenvalue weighted by Gasteiger charge is 2.64. The Bertz CT molecular complexity index is 2080. The topological polar surface area (TPSA) is 182 Å². The van der Waals surface area contributed by atoms with E-state index in [-0.39, 0.29) is 44.0 Å². The predicted molar refractivity (Wildman–Crippen MR) is 202 cm³/mol. The number of benzene rings is 1. The van der Waals surface area contributed by atoms with Crippen molar-refractivity contribution in [3.05, 3.63) is 42.6 Å². The van der Waals surface area contributed by atoms with Crippen molar-refractivity contribution in [2.75, 3.05) is 20.3 Å². The van der Waals surface area contributed by atoms with Gasteiger partial charge in [0.2, 0.25) is 33.3 Å². The summed E-state index contributed by atoms with van der Waals surface area (Å²) in [6.07, 6.45) is -0.967. The lowest BCUT2D eigenvalue weighted by Gasteiger charge is -2.34. The smallest absolute Gasteiger partial charge is 0.427 e. The fourth-order valence-electron chi connectivity index (χ4n) is 7.70. The second-order valence-electron chi connectivity index (χ2n) is 16.6. The van der Waals surface area contributed by atoms with Crippen molar-refractivity contribution in [2.24, 2.45) is 17.8 Å². The number of pyridine rings is 1. The molecule has 0 bridgehead atoms. The maximum atomic E-state index is 14.7. The number of aromatic nitrogens is 1. The number of alkyl carbamates (subject to hydrolysis) is 1. The summed E-state index contributed by atoms with van der Waals surface area (Å²) in [5.41, 5.74) is -4.67. The zero-order valence-electron chi connectivity index (χ0n) is 32.9. The highest BCUT2D eigenvalue weighted by molar-refractivity contribution is 7.91. The first-order valence-electron chi connectivity index (χ1n) is 19.2. The Morgan fingerprint density at radius 3 is 2.48 bits per heavy atom. The highest BCUT2D eigenvalue weighted by Crippen LogP contribution is 2.48. The third kappa shape index (κ3) is 8.54. The first-order chi connectivity index (χ1) is 27.2. The van der Waals surface area contributed by atoms with E-state index in [1.165, 1.54) is 13.3 Å². The van der Waals surface area contributed by atoms with E-state index in [1.54, 1.807) is 43.3 Å². The largest absolute Gasteiger partial charge is 0.497 e. The molecule has 2 aliphatic heterocycles. The number of amides is 4. The summed E-state index contributed by atoms with van der Waals surface area (Å²) in [6.45, 7) is 3.49. The third-order valence-corrected chi connectivity index (χ3v) is 13.9. The van der Waals surface area contributed by atoms with Gasteiger partial charge in [-0.1, -0.05) is 26.0 Å². The van der Waals surface area contributed by atoms with Gasteiger partial charge in [-0.3, -0.25) is 19.1 Å². The number of ether oxygens (including phenoxy) is 3. The van der Waals surface area contributed by atoms with E-state index in [0.717, 1.165) is 10.3 Å². The van der Waals surface area contributed by atoms with Crippen LogP contribution in [0.1, 0.15) is 72.6 Å². The van der Waals surface area contributed by atoms with Crippen LogP contribution in [0.5, 0.6) is 11.6 Å². The first-order valence-corrected chi connectivity index (χ1v) is 20.7. The second-order valence-corrected chi connectivity index (χ2v) is 18.6. The molecule has 318 valence electrons. The van der Waals surface area contributed by atoms with Crippen molar-refractivity contribution in [1.82, 2.24) is 25.2 Å². The molecule has 4 aliphatic rings. The van der Waals surface area contributed by atoms with Crippen LogP contribution in [-0.2, 0) is 29.1 Å². The molecule has 2 aliphatic carbocycles. The maximum absolute atomic E-state index is 14.7.